The van der Waals surface area contributed by atoms with E-state index in [2.05, 4.69) is 31.8 Å². The van der Waals surface area contributed by atoms with Gasteiger partial charge in [-0.2, -0.15) is 13.2 Å². The molecule has 0 aromatic carbocycles. The molecule has 0 bridgehead atoms. The van der Waals surface area contributed by atoms with Gasteiger partial charge in [-0.15, -0.1) is 6.58 Å². The number of aromatic nitrogens is 4. The largest absolute Gasteiger partial charge is 0.414 e. The lowest BCUT2D eigenvalue weighted by molar-refractivity contribution is -0.207. The molecule has 0 saturated heterocycles. The summed E-state index contributed by atoms with van der Waals surface area (Å²) in [6, 6.07) is 0.549. The van der Waals surface area contributed by atoms with Crippen LogP contribution < -0.4 is 5.32 Å². The first-order valence-corrected chi connectivity index (χ1v) is 10.0. The molecular weight excluding hydrogens is 426 g/mol. The minimum atomic E-state index is -4.73. The van der Waals surface area contributed by atoms with Gasteiger partial charge in [-0.3, -0.25) is 0 Å². The standard InChI is InChI=1S/C22H25F4N5O/c1-5-6-12-9-27-20(15-11-29-19-14(15)7-13(23)10-28-19)31-18(12)30-16(21(2,3)4)8-17(32)22(24,25)26/h5,7,9-11,16-17,32H,1,6,8H2,2-4H3,(H,28,29)(H,27,30,31)/t16-,17?/m1/s1. The molecule has 10 heteroatoms. The van der Waals surface area contributed by atoms with E-state index < -0.39 is 36.0 Å². The molecule has 2 atom stereocenters. The van der Waals surface area contributed by atoms with E-state index >= 15 is 0 Å². The number of aromatic amines is 1. The van der Waals surface area contributed by atoms with Gasteiger partial charge >= 0.3 is 6.18 Å². The molecule has 3 heterocycles. The lowest BCUT2D eigenvalue weighted by atomic mass is 9.83. The molecule has 0 radical (unpaired) electrons. The molecule has 0 spiro atoms. The van der Waals surface area contributed by atoms with Crippen molar-refractivity contribution in [2.45, 2.75) is 51.9 Å². The van der Waals surface area contributed by atoms with Crippen LogP contribution in [0.5, 0.6) is 0 Å². The molecule has 0 fully saturated rings. The number of rotatable bonds is 7. The minimum Gasteiger partial charge on any atom is -0.384 e. The fourth-order valence-electron chi connectivity index (χ4n) is 3.28. The molecule has 32 heavy (non-hydrogen) atoms. The van der Waals surface area contributed by atoms with E-state index in [0.717, 1.165) is 6.20 Å². The van der Waals surface area contributed by atoms with E-state index in [-0.39, 0.29) is 5.82 Å². The maximum Gasteiger partial charge on any atom is 0.414 e. The third kappa shape index (κ3) is 5.24. The van der Waals surface area contributed by atoms with Crippen LogP contribution in [0.25, 0.3) is 22.4 Å². The van der Waals surface area contributed by atoms with Gasteiger partial charge in [0.1, 0.15) is 17.3 Å². The highest BCUT2D eigenvalue weighted by Crippen LogP contribution is 2.33. The summed E-state index contributed by atoms with van der Waals surface area (Å²) in [7, 11) is 0. The van der Waals surface area contributed by atoms with E-state index in [1.807, 2.05) is 0 Å². The van der Waals surface area contributed by atoms with Gasteiger partial charge in [-0.25, -0.2) is 19.3 Å². The second kappa shape index (κ2) is 8.85. The zero-order chi connectivity index (χ0) is 23.7. The Morgan fingerprint density at radius 1 is 1.22 bits per heavy atom. The Balaban J connectivity index is 2.03. The summed E-state index contributed by atoms with van der Waals surface area (Å²) in [5.41, 5.74) is 0.957. The van der Waals surface area contributed by atoms with E-state index in [4.69, 9.17) is 0 Å². The molecule has 3 rings (SSSR count). The maximum atomic E-state index is 13.7. The Morgan fingerprint density at radius 3 is 2.56 bits per heavy atom. The fraction of sp³-hybridized carbons (Fsp3) is 0.409. The number of alkyl halides is 3. The van der Waals surface area contributed by atoms with Crippen molar-refractivity contribution < 1.29 is 22.7 Å². The monoisotopic (exact) mass is 451 g/mol. The number of hydrogen-bond donors (Lipinski definition) is 3. The number of allylic oxidation sites excluding steroid dienone is 1. The van der Waals surface area contributed by atoms with Crippen LogP contribution in [0.4, 0.5) is 23.4 Å². The number of fused-ring (bicyclic) bond motifs is 1. The van der Waals surface area contributed by atoms with Crippen molar-refractivity contribution in [1.29, 1.82) is 0 Å². The number of halogens is 4. The SMILES string of the molecule is C=CCc1cnc(-c2c[nH]c3ncc(F)cc23)nc1N[C@H](CC(O)C(F)(F)F)C(C)(C)C. The van der Waals surface area contributed by atoms with Gasteiger partial charge in [-0.1, -0.05) is 26.8 Å². The van der Waals surface area contributed by atoms with Gasteiger partial charge in [0.15, 0.2) is 11.9 Å². The van der Waals surface area contributed by atoms with Crippen LogP contribution in [0.15, 0.2) is 37.3 Å². The highest BCUT2D eigenvalue weighted by Gasteiger charge is 2.41. The third-order valence-electron chi connectivity index (χ3n) is 5.16. The van der Waals surface area contributed by atoms with E-state index in [0.29, 0.717) is 34.4 Å². The fourth-order valence-corrected chi connectivity index (χ4v) is 3.28. The van der Waals surface area contributed by atoms with Gasteiger partial charge in [0.25, 0.3) is 0 Å². The average molecular weight is 451 g/mol. The zero-order valence-corrected chi connectivity index (χ0v) is 18.0. The summed E-state index contributed by atoms with van der Waals surface area (Å²) in [5, 5.41) is 13.2. The van der Waals surface area contributed by atoms with Gasteiger partial charge in [0.2, 0.25) is 0 Å². The highest BCUT2D eigenvalue weighted by molar-refractivity contribution is 5.91. The molecule has 0 amide bonds. The quantitative estimate of drug-likeness (QED) is 0.347. The first-order chi connectivity index (χ1) is 14.9. The number of pyridine rings is 1. The normalized spacial score (nSPS) is 14.4. The van der Waals surface area contributed by atoms with E-state index in [1.165, 1.54) is 6.07 Å². The Morgan fingerprint density at radius 2 is 1.94 bits per heavy atom. The van der Waals surface area contributed by atoms with Crippen molar-refractivity contribution >= 4 is 16.9 Å². The number of anilines is 1. The van der Waals surface area contributed by atoms with Crippen molar-refractivity contribution in [2.75, 3.05) is 5.32 Å². The second-order valence-electron chi connectivity index (χ2n) is 8.67. The van der Waals surface area contributed by atoms with Crippen LogP contribution in [0.1, 0.15) is 32.8 Å². The van der Waals surface area contributed by atoms with Crippen LogP contribution in [-0.2, 0) is 6.42 Å². The zero-order valence-electron chi connectivity index (χ0n) is 18.0. The molecule has 0 aliphatic rings. The number of nitrogens with one attached hydrogen (secondary N) is 2. The number of nitrogens with zero attached hydrogens (tertiary/aromatic N) is 3. The number of aliphatic hydroxyl groups excluding tert-OH is 1. The van der Waals surface area contributed by atoms with Crippen molar-refractivity contribution in [1.82, 2.24) is 19.9 Å². The Hall–Kier alpha value is -3.01. The van der Waals surface area contributed by atoms with Crippen molar-refractivity contribution in [3.05, 3.63) is 48.7 Å². The summed E-state index contributed by atoms with van der Waals surface area (Å²) in [5.74, 6) is 0.0554. The summed E-state index contributed by atoms with van der Waals surface area (Å²) in [4.78, 5) is 15.8. The third-order valence-corrected chi connectivity index (χ3v) is 5.16. The summed E-state index contributed by atoms with van der Waals surface area (Å²) < 4.78 is 52.8. The lowest BCUT2D eigenvalue weighted by Crippen LogP contribution is -2.42. The summed E-state index contributed by atoms with van der Waals surface area (Å²) in [6.45, 7) is 9.03. The van der Waals surface area contributed by atoms with Crippen molar-refractivity contribution in [3.63, 3.8) is 0 Å². The van der Waals surface area contributed by atoms with Gasteiger partial charge in [-0.05, 0) is 17.9 Å². The molecular formula is C22H25F4N5O. The van der Waals surface area contributed by atoms with E-state index in [9.17, 15) is 22.7 Å². The molecule has 0 aliphatic heterocycles. The summed E-state index contributed by atoms with van der Waals surface area (Å²) >= 11 is 0. The van der Waals surface area contributed by atoms with Crippen LogP contribution in [-0.4, -0.2) is 43.4 Å². The van der Waals surface area contributed by atoms with Crippen LogP contribution >= 0.6 is 0 Å². The van der Waals surface area contributed by atoms with Crippen LogP contribution in [0, 0.1) is 11.2 Å². The molecule has 172 valence electrons. The highest BCUT2D eigenvalue weighted by atomic mass is 19.4. The minimum absolute atomic E-state index is 0.253. The molecule has 3 N–H and O–H groups in total. The van der Waals surface area contributed by atoms with Gasteiger partial charge < -0.3 is 15.4 Å². The van der Waals surface area contributed by atoms with Crippen molar-refractivity contribution in [2.24, 2.45) is 5.41 Å². The molecule has 0 saturated carbocycles. The van der Waals surface area contributed by atoms with Crippen LogP contribution in [0.3, 0.4) is 0 Å². The first-order valence-electron chi connectivity index (χ1n) is 10.0. The second-order valence-corrected chi connectivity index (χ2v) is 8.67. The van der Waals surface area contributed by atoms with Crippen molar-refractivity contribution in [3.8, 4) is 11.4 Å². The number of aliphatic hydroxyl groups is 1. The molecule has 3 aromatic heterocycles. The Kier molecular flexibility index (Phi) is 6.54. The molecule has 6 nitrogen and oxygen atoms in total. The lowest BCUT2D eigenvalue weighted by Gasteiger charge is -2.34. The number of H-pyrrole nitrogens is 1. The van der Waals surface area contributed by atoms with Gasteiger partial charge in [0, 0.05) is 41.4 Å². The average Bonchev–Trinajstić information content (AvgIpc) is 3.10. The predicted octanol–water partition coefficient (Wildman–Crippen LogP) is 5.03. The first kappa shape index (κ1) is 23.6. The molecule has 3 aromatic rings. The number of hydrogen-bond acceptors (Lipinski definition) is 5. The van der Waals surface area contributed by atoms with Gasteiger partial charge in [0.05, 0.1) is 6.20 Å². The maximum absolute atomic E-state index is 13.7. The molecule has 1 unspecified atom stereocenters. The molecule has 0 aliphatic carbocycles. The summed E-state index contributed by atoms with van der Waals surface area (Å²) in [6.07, 6.45) is -1.52. The van der Waals surface area contributed by atoms with Crippen LogP contribution in [0.2, 0.25) is 0 Å². The Bertz CT molecular complexity index is 1100. The smallest absolute Gasteiger partial charge is 0.384 e. The van der Waals surface area contributed by atoms with E-state index in [1.54, 1.807) is 39.2 Å². The Labute approximate surface area is 182 Å². The topological polar surface area (TPSA) is 86.7 Å². The predicted molar refractivity (Wildman–Crippen MR) is 115 cm³/mol.